The van der Waals surface area contributed by atoms with Crippen LogP contribution in [0.3, 0.4) is 0 Å². The van der Waals surface area contributed by atoms with Gasteiger partial charge in [0.05, 0.1) is 5.51 Å². The second-order valence-corrected chi connectivity index (χ2v) is 6.51. The number of rotatable bonds is 6. The first kappa shape index (κ1) is 13.0. The molecule has 0 radical (unpaired) electrons. The first-order chi connectivity index (χ1) is 8.25. The Hall–Kier alpha value is -0.410. The van der Waals surface area contributed by atoms with Gasteiger partial charge in [-0.25, -0.2) is 0 Å². The lowest BCUT2D eigenvalue weighted by Gasteiger charge is -2.24. The van der Waals surface area contributed by atoms with Gasteiger partial charge in [0.2, 0.25) is 0 Å². The summed E-state index contributed by atoms with van der Waals surface area (Å²) in [4.78, 5) is 5.65. The predicted molar refractivity (Wildman–Crippen MR) is 74.4 cm³/mol. The molecule has 1 saturated carbocycles. The highest BCUT2D eigenvalue weighted by Gasteiger charge is 2.25. The maximum Gasteiger partial charge on any atom is 0.0794 e. The van der Waals surface area contributed by atoms with E-state index in [9.17, 15) is 0 Å². The van der Waals surface area contributed by atoms with E-state index in [4.69, 9.17) is 0 Å². The van der Waals surface area contributed by atoms with Gasteiger partial charge in [-0.2, -0.15) is 0 Å². The highest BCUT2D eigenvalue weighted by Crippen LogP contribution is 2.33. The second-order valence-electron chi connectivity index (χ2n) is 5.54. The molecule has 1 aliphatic carbocycles. The van der Waals surface area contributed by atoms with Gasteiger partial charge in [0.1, 0.15) is 0 Å². The van der Waals surface area contributed by atoms with E-state index in [1.54, 1.807) is 11.3 Å². The average molecular weight is 252 g/mol. The molecule has 1 unspecified atom stereocenters. The van der Waals surface area contributed by atoms with Crippen molar-refractivity contribution in [3.05, 3.63) is 16.6 Å². The fraction of sp³-hybridized carbons (Fsp3) is 0.786. The molecule has 1 heterocycles. The molecular formula is C14H24N2S. The first-order valence-electron chi connectivity index (χ1n) is 6.86. The van der Waals surface area contributed by atoms with Crippen molar-refractivity contribution in [3.8, 4) is 0 Å². The fourth-order valence-electron chi connectivity index (χ4n) is 2.82. The zero-order valence-electron chi connectivity index (χ0n) is 11.0. The Morgan fingerprint density at radius 2 is 2.18 bits per heavy atom. The van der Waals surface area contributed by atoms with Crippen molar-refractivity contribution in [2.45, 2.75) is 52.0 Å². The molecule has 0 aliphatic heterocycles. The maximum atomic E-state index is 4.20. The molecule has 96 valence electrons. The average Bonchev–Trinajstić information content (AvgIpc) is 2.96. The van der Waals surface area contributed by atoms with Crippen LogP contribution in [-0.4, -0.2) is 17.6 Å². The normalized spacial score (nSPS) is 19.0. The van der Waals surface area contributed by atoms with Crippen LogP contribution >= 0.6 is 11.3 Å². The van der Waals surface area contributed by atoms with E-state index in [0.717, 1.165) is 11.8 Å². The molecule has 0 amide bonds. The highest BCUT2D eigenvalue weighted by atomic mass is 32.1. The van der Waals surface area contributed by atoms with Gasteiger partial charge >= 0.3 is 0 Å². The Labute approximate surface area is 109 Å². The minimum Gasteiger partial charge on any atom is -0.314 e. The molecule has 0 saturated heterocycles. The zero-order valence-corrected chi connectivity index (χ0v) is 11.8. The van der Waals surface area contributed by atoms with Crippen LogP contribution in [0.25, 0.3) is 0 Å². The van der Waals surface area contributed by atoms with Gasteiger partial charge in [-0.3, -0.25) is 4.98 Å². The lowest BCUT2D eigenvalue weighted by molar-refractivity contribution is 0.314. The van der Waals surface area contributed by atoms with Crippen LogP contribution in [0.5, 0.6) is 0 Å². The standard InChI is InChI=1S/C14H24N2S/c1-11(2)16-8-13(12-5-3-4-6-12)7-14-9-15-10-17-14/h9-13,16H,3-8H2,1-2H3. The molecule has 1 N–H and O–H groups in total. The summed E-state index contributed by atoms with van der Waals surface area (Å²) in [6.07, 6.45) is 9.00. The Morgan fingerprint density at radius 3 is 2.76 bits per heavy atom. The van der Waals surface area contributed by atoms with Crippen molar-refractivity contribution in [3.63, 3.8) is 0 Å². The summed E-state index contributed by atoms with van der Waals surface area (Å²) in [6.45, 7) is 5.64. The van der Waals surface area contributed by atoms with Crippen LogP contribution < -0.4 is 5.32 Å². The third kappa shape index (κ3) is 4.07. The molecule has 2 nitrogen and oxygen atoms in total. The topological polar surface area (TPSA) is 24.9 Å². The van der Waals surface area contributed by atoms with Gasteiger partial charge in [0, 0.05) is 17.1 Å². The number of nitrogens with zero attached hydrogens (tertiary/aromatic N) is 1. The summed E-state index contributed by atoms with van der Waals surface area (Å²) in [7, 11) is 0. The molecule has 1 aromatic heterocycles. The Morgan fingerprint density at radius 1 is 1.41 bits per heavy atom. The third-order valence-electron chi connectivity index (χ3n) is 3.80. The number of hydrogen-bond acceptors (Lipinski definition) is 3. The molecule has 2 rings (SSSR count). The van der Waals surface area contributed by atoms with Gasteiger partial charge in [0.15, 0.2) is 0 Å². The van der Waals surface area contributed by atoms with Crippen molar-refractivity contribution in [2.75, 3.05) is 6.54 Å². The molecule has 3 heteroatoms. The van der Waals surface area contributed by atoms with Crippen LogP contribution in [0, 0.1) is 11.8 Å². The third-order valence-corrected chi connectivity index (χ3v) is 4.60. The monoisotopic (exact) mass is 252 g/mol. The number of hydrogen-bond donors (Lipinski definition) is 1. The molecule has 0 spiro atoms. The van der Waals surface area contributed by atoms with Gasteiger partial charge < -0.3 is 5.32 Å². The predicted octanol–water partition coefficient (Wildman–Crippen LogP) is 3.49. The smallest absolute Gasteiger partial charge is 0.0794 e. The minimum atomic E-state index is 0.598. The lowest BCUT2D eigenvalue weighted by Crippen LogP contribution is -2.33. The Bertz CT molecular complexity index is 302. The second kappa shape index (κ2) is 6.50. The summed E-state index contributed by atoms with van der Waals surface area (Å²) in [5, 5.41) is 3.62. The van der Waals surface area contributed by atoms with E-state index < -0.39 is 0 Å². The maximum absolute atomic E-state index is 4.20. The molecule has 1 fully saturated rings. The van der Waals surface area contributed by atoms with Gasteiger partial charge in [-0.15, -0.1) is 11.3 Å². The molecule has 0 bridgehead atoms. The van der Waals surface area contributed by atoms with E-state index in [1.165, 1.54) is 43.5 Å². The van der Waals surface area contributed by atoms with Crippen LogP contribution in [0.4, 0.5) is 0 Å². The number of thiazole rings is 1. The number of aromatic nitrogens is 1. The van der Waals surface area contributed by atoms with Crippen LogP contribution in [0.2, 0.25) is 0 Å². The van der Waals surface area contributed by atoms with Gasteiger partial charge in [0.25, 0.3) is 0 Å². The molecule has 0 aromatic carbocycles. The van der Waals surface area contributed by atoms with Crippen LogP contribution in [-0.2, 0) is 6.42 Å². The van der Waals surface area contributed by atoms with E-state index in [0.29, 0.717) is 6.04 Å². The summed E-state index contributed by atoms with van der Waals surface area (Å²) in [5.74, 6) is 1.74. The van der Waals surface area contributed by atoms with Crippen LogP contribution in [0.1, 0.15) is 44.4 Å². The van der Waals surface area contributed by atoms with Gasteiger partial charge in [-0.1, -0.05) is 39.5 Å². The number of nitrogens with one attached hydrogen (secondary N) is 1. The van der Waals surface area contributed by atoms with E-state index in [2.05, 4.69) is 24.1 Å². The highest BCUT2D eigenvalue weighted by molar-refractivity contribution is 7.09. The quantitative estimate of drug-likeness (QED) is 0.838. The molecule has 1 atom stereocenters. The van der Waals surface area contributed by atoms with Gasteiger partial charge in [-0.05, 0) is 24.8 Å². The molecule has 17 heavy (non-hydrogen) atoms. The molecular weight excluding hydrogens is 228 g/mol. The van der Waals surface area contributed by atoms with E-state index in [-0.39, 0.29) is 0 Å². The Balaban J connectivity index is 1.91. The van der Waals surface area contributed by atoms with Crippen molar-refractivity contribution in [1.29, 1.82) is 0 Å². The minimum absolute atomic E-state index is 0.598. The summed E-state index contributed by atoms with van der Waals surface area (Å²) in [6, 6.07) is 0.598. The van der Waals surface area contributed by atoms with E-state index in [1.807, 2.05) is 11.7 Å². The first-order valence-corrected chi connectivity index (χ1v) is 7.74. The largest absolute Gasteiger partial charge is 0.314 e. The molecule has 1 aliphatic rings. The SMILES string of the molecule is CC(C)NCC(Cc1cncs1)C1CCCC1. The van der Waals surface area contributed by atoms with Crippen molar-refractivity contribution in [2.24, 2.45) is 11.8 Å². The zero-order chi connectivity index (χ0) is 12.1. The summed E-state index contributed by atoms with van der Waals surface area (Å²) < 4.78 is 0. The molecule has 1 aromatic rings. The van der Waals surface area contributed by atoms with Crippen molar-refractivity contribution < 1.29 is 0 Å². The van der Waals surface area contributed by atoms with Crippen molar-refractivity contribution >= 4 is 11.3 Å². The lowest BCUT2D eigenvalue weighted by atomic mass is 9.87. The summed E-state index contributed by atoms with van der Waals surface area (Å²) in [5.41, 5.74) is 1.96. The fourth-order valence-corrected chi connectivity index (χ4v) is 3.51. The van der Waals surface area contributed by atoms with Crippen LogP contribution in [0.15, 0.2) is 11.7 Å². The van der Waals surface area contributed by atoms with Crippen molar-refractivity contribution in [1.82, 2.24) is 10.3 Å². The Kier molecular flexibility index (Phi) is 4.99. The summed E-state index contributed by atoms with van der Waals surface area (Å²) >= 11 is 1.81. The van der Waals surface area contributed by atoms with E-state index >= 15 is 0 Å².